The molecule has 142 valence electrons. The van der Waals surface area contributed by atoms with Gasteiger partial charge in [-0.1, -0.05) is 6.07 Å². The summed E-state index contributed by atoms with van der Waals surface area (Å²) in [7, 11) is -1.16. The van der Waals surface area contributed by atoms with Crippen LogP contribution in [0.3, 0.4) is 0 Å². The van der Waals surface area contributed by atoms with E-state index in [4.69, 9.17) is 4.98 Å². The topological polar surface area (TPSA) is 64.0 Å². The van der Waals surface area contributed by atoms with Crippen LogP contribution in [0.1, 0.15) is 29.9 Å². The van der Waals surface area contributed by atoms with Crippen LogP contribution in [-0.4, -0.2) is 37.3 Å². The van der Waals surface area contributed by atoms with Crippen molar-refractivity contribution in [3.8, 4) is 11.4 Å². The second kappa shape index (κ2) is 6.77. The first kappa shape index (κ1) is 18.2. The molecule has 2 heterocycles. The monoisotopic (exact) mass is 383 g/mol. The van der Waals surface area contributed by atoms with Crippen LogP contribution in [0, 0.1) is 6.92 Å². The summed E-state index contributed by atoms with van der Waals surface area (Å²) in [5, 5.41) is 3.43. The van der Waals surface area contributed by atoms with Crippen molar-refractivity contribution in [1.29, 1.82) is 0 Å². The zero-order chi connectivity index (χ0) is 19.2. The lowest BCUT2D eigenvalue weighted by molar-refractivity contribution is 0.459. The molecule has 1 aliphatic rings. The quantitative estimate of drug-likeness (QED) is 0.753. The Bertz CT molecular complexity index is 1090. The molecule has 0 radical (unpaired) electrons. The van der Waals surface area contributed by atoms with E-state index in [1.54, 1.807) is 12.1 Å². The molecular weight excluding hydrogens is 358 g/mol. The highest BCUT2D eigenvalue weighted by Crippen LogP contribution is 2.34. The van der Waals surface area contributed by atoms with Crippen LogP contribution in [0.5, 0.6) is 0 Å². The Kier molecular flexibility index (Phi) is 4.56. The van der Waals surface area contributed by atoms with E-state index < -0.39 is 9.84 Å². The number of nitrogens with one attached hydrogen (secondary N) is 1. The van der Waals surface area contributed by atoms with Crippen LogP contribution < -0.4 is 5.32 Å². The SMILES string of the molecule is Cc1c(C2CCNCC2)ccc2nc(-c3ccc(S(C)(=O)=O)cc3)n(C)c12. The summed E-state index contributed by atoms with van der Waals surface area (Å²) in [6.45, 7) is 4.34. The van der Waals surface area contributed by atoms with Gasteiger partial charge < -0.3 is 9.88 Å². The second-order valence-electron chi connectivity index (χ2n) is 7.46. The van der Waals surface area contributed by atoms with E-state index in [9.17, 15) is 8.42 Å². The average Bonchev–Trinajstić information content (AvgIpc) is 2.99. The number of aryl methyl sites for hydroxylation is 2. The van der Waals surface area contributed by atoms with Crippen LogP contribution in [0.2, 0.25) is 0 Å². The van der Waals surface area contributed by atoms with Crippen LogP contribution >= 0.6 is 0 Å². The maximum Gasteiger partial charge on any atom is 0.175 e. The summed E-state index contributed by atoms with van der Waals surface area (Å²) < 4.78 is 25.5. The zero-order valence-corrected chi connectivity index (χ0v) is 16.8. The third kappa shape index (κ3) is 3.28. The summed E-state index contributed by atoms with van der Waals surface area (Å²) in [6, 6.07) is 11.3. The van der Waals surface area contributed by atoms with Crippen LogP contribution in [0.25, 0.3) is 22.4 Å². The average molecular weight is 384 g/mol. The predicted molar refractivity (Wildman–Crippen MR) is 109 cm³/mol. The molecule has 0 amide bonds. The molecule has 1 fully saturated rings. The Morgan fingerprint density at radius 3 is 2.37 bits per heavy atom. The van der Waals surface area contributed by atoms with Crippen molar-refractivity contribution in [1.82, 2.24) is 14.9 Å². The van der Waals surface area contributed by atoms with Gasteiger partial charge in [0.25, 0.3) is 0 Å². The molecule has 2 aromatic carbocycles. The number of hydrogen-bond donors (Lipinski definition) is 1. The van der Waals surface area contributed by atoms with Crippen LogP contribution in [0.15, 0.2) is 41.3 Å². The van der Waals surface area contributed by atoms with Gasteiger partial charge >= 0.3 is 0 Å². The fourth-order valence-electron chi connectivity index (χ4n) is 4.19. The smallest absolute Gasteiger partial charge is 0.175 e. The third-order valence-corrected chi connectivity index (χ3v) is 6.78. The molecule has 27 heavy (non-hydrogen) atoms. The predicted octanol–water partition coefficient (Wildman–Crippen LogP) is 3.42. The second-order valence-corrected chi connectivity index (χ2v) is 9.48. The number of imidazole rings is 1. The minimum Gasteiger partial charge on any atom is -0.327 e. The maximum absolute atomic E-state index is 11.7. The van der Waals surface area contributed by atoms with E-state index in [0.717, 1.165) is 35.5 Å². The molecule has 0 saturated carbocycles. The van der Waals surface area contributed by atoms with Gasteiger partial charge in [-0.15, -0.1) is 0 Å². The molecule has 0 aliphatic carbocycles. The molecule has 5 nitrogen and oxygen atoms in total. The molecule has 0 atom stereocenters. The molecule has 1 N–H and O–H groups in total. The van der Waals surface area contributed by atoms with Gasteiger partial charge in [-0.25, -0.2) is 13.4 Å². The summed E-state index contributed by atoms with van der Waals surface area (Å²) in [5.41, 5.74) is 5.78. The first-order chi connectivity index (χ1) is 12.9. The lowest BCUT2D eigenvalue weighted by atomic mass is 9.87. The Balaban J connectivity index is 1.79. The fraction of sp³-hybridized carbons (Fsp3) is 0.381. The normalized spacial score (nSPS) is 16.1. The Hall–Kier alpha value is -2.18. The van der Waals surface area contributed by atoms with Crippen molar-refractivity contribution >= 4 is 20.9 Å². The lowest BCUT2D eigenvalue weighted by Crippen LogP contribution is -2.27. The minimum atomic E-state index is -3.19. The number of fused-ring (bicyclic) bond motifs is 1. The van der Waals surface area contributed by atoms with Gasteiger partial charge in [0.05, 0.1) is 15.9 Å². The number of aromatic nitrogens is 2. The molecule has 1 aliphatic heterocycles. The van der Waals surface area contributed by atoms with Crippen molar-refractivity contribution < 1.29 is 8.42 Å². The number of piperidine rings is 1. The van der Waals surface area contributed by atoms with E-state index >= 15 is 0 Å². The Morgan fingerprint density at radius 1 is 1.07 bits per heavy atom. The first-order valence-electron chi connectivity index (χ1n) is 9.33. The van der Waals surface area contributed by atoms with Gasteiger partial charge in [0, 0.05) is 18.9 Å². The van der Waals surface area contributed by atoms with Crippen molar-refractivity contribution in [2.24, 2.45) is 7.05 Å². The van der Waals surface area contributed by atoms with Gasteiger partial charge in [-0.05, 0) is 80.2 Å². The van der Waals surface area contributed by atoms with Gasteiger partial charge in [0.2, 0.25) is 0 Å². The molecule has 1 saturated heterocycles. The summed E-state index contributed by atoms with van der Waals surface area (Å²) in [4.78, 5) is 5.15. The van der Waals surface area contributed by atoms with Crippen molar-refractivity contribution in [2.45, 2.75) is 30.6 Å². The molecule has 3 aromatic rings. The van der Waals surface area contributed by atoms with Crippen molar-refractivity contribution in [3.63, 3.8) is 0 Å². The molecular formula is C21H25N3O2S. The molecule has 0 bridgehead atoms. The van der Waals surface area contributed by atoms with Crippen LogP contribution in [-0.2, 0) is 16.9 Å². The molecule has 0 spiro atoms. The third-order valence-electron chi connectivity index (χ3n) is 5.65. The number of rotatable bonds is 3. The zero-order valence-electron chi connectivity index (χ0n) is 16.0. The fourth-order valence-corrected chi connectivity index (χ4v) is 4.83. The van der Waals surface area contributed by atoms with E-state index in [-0.39, 0.29) is 0 Å². The number of sulfone groups is 1. The van der Waals surface area contributed by atoms with E-state index in [1.807, 2.05) is 19.2 Å². The van der Waals surface area contributed by atoms with Crippen molar-refractivity contribution in [2.75, 3.05) is 19.3 Å². The summed E-state index contributed by atoms with van der Waals surface area (Å²) in [6.07, 6.45) is 3.57. The molecule has 1 aromatic heterocycles. The van der Waals surface area contributed by atoms with Crippen molar-refractivity contribution in [3.05, 3.63) is 47.5 Å². The summed E-state index contributed by atoms with van der Waals surface area (Å²) in [5.74, 6) is 1.46. The molecule has 0 unspecified atom stereocenters. The van der Waals surface area contributed by atoms with Gasteiger partial charge in [-0.2, -0.15) is 0 Å². The number of benzene rings is 2. The summed E-state index contributed by atoms with van der Waals surface area (Å²) >= 11 is 0. The highest BCUT2D eigenvalue weighted by Gasteiger charge is 2.20. The van der Waals surface area contributed by atoms with Gasteiger partial charge in [-0.3, -0.25) is 0 Å². The molecule has 6 heteroatoms. The minimum absolute atomic E-state index is 0.328. The highest BCUT2D eigenvalue weighted by atomic mass is 32.2. The first-order valence-corrected chi connectivity index (χ1v) is 11.2. The number of hydrogen-bond acceptors (Lipinski definition) is 4. The lowest BCUT2D eigenvalue weighted by Gasteiger charge is -2.24. The number of nitrogens with zero attached hydrogens (tertiary/aromatic N) is 2. The Morgan fingerprint density at radius 2 is 1.74 bits per heavy atom. The molecule has 4 rings (SSSR count). The van der Waals surface area contributed by atoms with Gasteiger partial charge in [0.1, 0.15) is 5.82 Å². The Labute approximate surface area is 160 Å². The van der Waals surface area contributed by atoms with E-state index in [1.165, 1.54) is 30.2 Å². The maximum atomic E-state index is 11.7. The van der Waals surface area contributed by atoms with Gasteiger partial charge in [0.15, 0.2) is 9.84 Å². The standard InChI is InChI=1S/C21H25N3O2S/c1-14-18(15-10-12-22-13-11-15)8-9-19-20(14)24(2)21(23-19)16-4-6-17(7-5-16)27(3,25)26/h4-9,15,22H,10-13H2,1-3H3. The largest absolute Gasteiger partial charge is 0.327 e. The highest BCUT2D eigenvalue weighted by molar-refractivity contribution is 7.90. The van der Waals surface area contributed by atoms with Crippen LogP contribution in [0.4, 0.5) is 0 Å². The van der Waals surface area contributed by atoms with E-state index in [0.29, 0.717) is 10.8 Å². The van der Waals surface area contributed by atoms with E-state index in [2.05, 4.69) is 28.9 Å².